The maximum Gasteiger partial charge on any atom is 0.350 e. The Morgan fingerprint density at radius 3 is 2.64 bits per heavy atom. The number of rotatable bonds is 4. The first-order valence-corrected chi connectivity index (χ1v) is 10.6. The molecule has 0 spiro atoms. The molecule has 1 aliphatic rings. The third-order valence-corrected chi connectivity index (χ3v) is 7.03. The minimum atomic E-state index is -3.66. The number of pyridine rings is 1. The number of benzene rings is 1. The number of fused-ring (bicyclic) bond motifs is 1. The summed E-state index contributed by atoms with van der Waals surface area (Å²) in [5.74, 6) is 0.121. The van der Waals surface area contributed by atoms with Crippen molar-refractivity contribution in [1.29, 1.82) is 0 Å². The average Bonchev–Trinajstić information content (AvgIpc) is 2.97. The fourth-order valence-corrected chi connectivity index (χ4v) is 4.91. The molecule has 0 saturated carbocycles. The summed E-state index contributed by atoms with van der Waals surface area (Å²) >= 11 is 0. The molecule has 1 saturated heterocycles. The summed E-state index contributed by atoms with van der Waals surface area (Å²) in [7, 11) is -3.66. The average molecular weight is 404 g/mol. The van der Waals surface area contributed by atoms with E-state index in [-0.39, 0.29) is 11.4 Å². The smallest absolute Gasteiger partial charge is 0.249 e. The van der Waals surface area contributed by atoms with Crippen LogP contribution < -0.4 is 5.69 Å². The van der Waals surface area contributed by atoms with E-state index in [0.717, 1.165) is 12.8 Å². The van der Waals surface area contributed by atoms with Gasteiger partial charge in [0.05, 0.1) is 11.4 Å². The first-order chi connectivity index (χ1) is 13.3. The molecule has 2 aromatic heterocycles. The number of hydrogen-bond acceptors (Lipinski definition) is 4. The highest BCUT2D eigenvalue weighted by atomic mass is 32.2. The summed E-state index contributed by atoms with van der Waals surface area (Å²) in [6, 6.07) is 8.92. The van der Waals surface area contributed by atoms with Crippen LogP contribution in [-0.2, 0) is 16.6 Å². The first-order valence-electron chi connectivity index (χ1n) is 9.18. The van der Waals surface area contributed by atoms with Crippen molar-refractivity contribution >= 4 is 15.7 Å². The standard InChI is InChI=1S/C19H21FN4O3S/c1-14-7-9-22(10-8-14)28(26,27)17-5-6-18-21-24(19(25)23(18)13-17)12-15-3-2-4-16(20)11-15/h2-6,11,13-14H,7-10,12H2,1H3. The van der Waals surface area contributed by atoms with Gasteiger partial charge in [-0.25, -0.2) is 26.7 Å². The number of halogens is 1. The van der Waals surface area contributed by atoms with Crippen molar-refractivity contribution in [2.45, 2.75) is 31.2 Å². The third kappa shape index (κ3) is 3.47. The van der Waals surface area contributed by atoms with Crippen LogP contribution in [0.5, 0.6) is 0 Å². The van der Waals surface area contributed by atoms with Crippen molar-refractivity contribution in [1.82, 2.24) is 18.5 Å². The zero-order valence-electron chi connectivity index (χ0n) is 15.5. The molecule has 4 rings (SSSR count). The molecular formula is C19H21FN4O3S. The van der Waals surface area contributed by atoms with Crippen LogP contribution in [-0.4, -0.2) is 40.0 Å². The molecule has 9 heteroatoms. The molecular weight excluding hydrogens is 383 g/mol. The van der Waals surface area contributed by atoms with E-state index in [1.165, 1.54) is 43.9 Å². The van der Waals surface area contributed by atoms with E-state index in [1.807, 2.05) is 0 Å². The maximum atomic E-state index is 13.4. The molecule has 0 atom stereocenters. The van der Waals surface area contributed by atoms with Crippen LogP contribution in [0.4, 0.5) is 4.39 Å². The van der Waals surface area contributed by atoms with Gasteiger partial charge in [0.1, 0.15) is 5.82 Å². The summed E-state index contributed by atoms with van der Waals surface area (Å²) in [5.41, 5.74) is 0.469. The second kappa shape index (κ2) is 7.14. The summed E-state index contributed by atoms with van der Waals surface area (Å²) in [6.07, 6.45) is 2.97. The number of hydrogen-bond donors (Lipinski definition) is 0. The minimum absolute atomic E-state index is 0.0713. The first kappa shape index (κ1) is 18.8. The van der Waals surface area contributed by atoms with Gasteiger partial charge in [-0.2, -0.15) is 4.31 Å². The quantitative estimate of drug-likeness (QED) is 0.667. The second-order valence-electron chi connectivity index (χ2n) is 7.25. The molecule has 148 valence electrons. The van der Waals surface area contributed by atoms with Crippen molar-refractivity contribution < 1.29 is 12.8 Å². The topological polar surface area (TPSA) is 76.7 Å². The van der Waals surface area contributed by atoms with Crippen LogP contribution in [0, 0.1) is 11.7 Å². The van der Waals surface area contributed by atoms with Crippen molar-refractivity contribution in [2.24, 2.45) is 5.92 Å². The lowest BCUT2D eigenvalue weighted by atomic mass is 10.0. The molecule has 1 aromatic carbocycles. The van der Waals surface area contributed by atoms with Gasteiger partial charge in [-0.15, -0.1) is 5.10 Å². The van der Waals surface area contributed by atoms with Gasteiger partial charge in [-0.3, -0.25) is 0 Å². The largest absolute Gasteiger partial charge is 0.350 e. The lowest BCUT2D eigenvalue weighted by molar-refractivity contribution is 0.288. The normalized spacial score (nSPS) is 16.6. The summed E-state index contributed by atoms with van der Waals surface area (Å²) in [5, 5.41) is 4.22. The van der Waals surface area contributed by atoms with Crippen LogP contribution in [0.3, 0.4) is 0 Å². The Balaban J connectivity index is 1.68. The highest BCUT2D eigenvalue weighted by Crippen LogP contribution is 2.23. The van der Waals surface area contributed by atoms with Gasteiger partial charge in [0.2, 0.25) is 10.0 Å². The summed E-state index contributed by atoms with van der Waals surface area (Å²) in [6.45, 7) is 3.18. The van der Waals surface area contributed by atoms with E-state index in [9.17, 15) is 17.6 Å². The zero-order chi connectivity index (χ0) is 19.9. The number of aromatic nitrogens is 3. The van der Waals surface area contributed by atoms with Crippen molar-refractivity contribution in [3.05, 3.63) is 64.5 Å². The van der Waals surface area contributed by atoms with Crippen LogP contribution in [0.1, 0.15) is 25.3 Å². The van der Waals surface area contributed by atoms with Gasteiger partial charge in [-0.05, 0) is 48.6 Å². The molecule has 3 heterocycles. The molecule has 0 aliphatic carbocycles. The van der Waals surface area contributed by atoms with E-state index in [4.69, 9.17) is 0 Å². The van der Waals surface area contributed by atoms with Gasteiger partial charge in [-0.1, -0.05) is 19.1 Å². The Kier molecular flexibility index (Phi) is 4.80. The summed E-state index contributed by atoms with van der Waals surface area (Å²) in [4.78, 5) is 12.7. The number of sulfonamides is 1. The fraction of sp³-hybridized carbons (Fsp3) is 0.368. The van der Waals surface area contributed by atoms with E-state index in [1.54, 1.807) is 12.1 Å². The molecule has 3 aromatic rings. The number of piperidine rings is 1. The van der Waals surface area contributed by atoms with Gasteiger partial charge in [0.25, 0.3) is 0 Å². The highest BCUT2D eigenvalue weighted by molar-refractivity contribution is 7.89. The van der Waals surface area contributed by atoms with Crippen LogP contribution in [0.15, 0.2) is 52.3 Å². The molecule has 0 N–H and O–H groups in total. The van der Waals surface area contributed by atoms with Crippen molar-refractivity contribution in [3.63, 3.8) is 0 Å². The van der Waals surface area contributed by atoms with Crippen molar-refractivity contribution in [3.8, 4) is 0 Å². The minimum Gasteiger partial charge on any atom is -0.249 e. The number of nitrogens with zero attached hydrogens (tertiary/aromatic N) is 4. The summed E-state index contributed by atoms with van der Waals surface area (Å²) < 4.78 is 43.1. The van der Waals surface area contributed by atoms with Gasteiger partial charge in [0.15, 0.2) is 5.65 Å². The Labute approximate surface area is 162 Å². The van der Waals surface area contributed by atoms with Crippen molar-refractivity contribution in [2.75, 3.05) is 13.1 Å². The zero-order valence-corrected chi connectivity index (χ0v) is 16.3. The SMILES string of the molecule is CC1CCN(S(=O)(=O)c2ccc3nn(Cc4cccc(F)c4)c(=O)n3c2)CC1. The lowest BCUT2D eigenvalue weighted by Crippen LogP contribution is -2.38. The van der Waals surface area contributed by atoms with Gasteiger partial charge >= 0.3 is 5.69 Å². The molecule has 0 unspecified atom stereocenters. The predicted molar refractivity (Wildman–Crippen MR) is 102 cm³/mol. The Bertz CT molecular complexity index is 1180. The second-order valence-corrected chi connectivity index (χ2v) is 9.19. The molecule has 0 radical (unpaired) electrons. The Morgan fingerprint density at radius 2 is 1.93 bits per heavy atom. The van der Waals surface area contributed by atoms with Gasteiger partial charge in [0, 0.05) is 19.3 Å². The molecule has 0 bridgehead atoms. The van der Waals surface area contributed by atoms with Crippen LogP contribution >= 0.6 is 0 Å². The van der Waals surface area contributed by atoms with E-state index in [0.29, 0.717) is 30.2 Å². The molecule has 28 heavy (non-hydrogen) atoms. The highest BCUT2D eigenvalue weighted by Gasteiger charge is 2.28. The van der Waals surface area contributed by atoms with E-state index >= 15 is 0 Å². The molecule has 0 amide bonds. The fourth-order valence-electron chi connectivity index (χ4n) is 3.44. The molecule has 1 aliphatic heterocycles. The molecule has 7 nitrogen and oxygen atoms in total. The van der Waals surface area contributed by atoms with Crippen LogP contribution in [0.25, 0.3) is 5.65 Å². The molecule has 1 fully saturated rings. The predicted octanol–water partition coefficient (Wildman–Crippen LogP) is 2.10. The van der Waals surface area contributed by atoms with E-state index in [2.05, 4.69) is 12.0 Å². The maximum absolute atomic E-state index is 13.4. The Hall–Kier alpha value is -2.52. The third-order valence-electron chi connectivity index (χ3n) is 5.15. The Morgan fingerprint density at radius 1 is 1.18 bits per heavy atom. The lowest BCUT2D eigenvalue weighted by Gasteiger charge is -2.29. The van der Waals surface area contributed by atoms with Gasteiger partial charge < -0.3 is 0 Å². The monoisotopic (exact) mass is 404 g/mol. The van der Waals surface area contributed by atoms with E-state index < -0.39 is 21.5 Å². The van der Waals surface area contributed by atoms with Crippen LogP contribution in [0.2, 0.25) is 0 Å².